The summed E-state index contributed by atoms with van der Waals surface area (Å²) >= 11 is 0. The summed E-state index contributed by atoms with van der Waals surface area (Å²) in [5, 5.41) is 14.0. The van der Waals surface area contributed by atoms with Gasteiger partial charge in [-0.2, -0.15) is 0 Å². The maximum Gasteiger partial charge on any atom is 0.253 e. The molecule has 0 bridgehead atoms. The molecule has 39 heavy (non-hydrogen) atoms. The summed E-state index contributed by atoms with van der Waals surface area (Å²) < 4.78 is 13.1. The number of rotatable bonds is 5. The number of pyridine rings is 1. The van der Waals surface area contributed by atoms with E-state index in [4.69, 9.17) is 9.47 Å². The van der Waals surface area contributed by atoms with Crippen molar-refractivity contribution in [3.8, 4) is 11.5 Å². The van der Waals surface area contributed by atoms with Gasteiger partial charge in [-0.25, -0.2) is 4.68 Å². The average Bonchev–Trinajstić information content (AvgIpc) is 3.72. The van der Waals surface area contributed by atoms with Gasteiger partial charge < -0.3 is 19.4 Å². The lowest BCUT2D eigenvalue weighted by Gasteiger charge is -2.40. The first-order chi connectivity index (χ1) is 19.1. The Morgan fingerprint density at radius 2 is 1.77 bits per heavy atom. The first kappa shape index (κ1) is 24.1. The zero-order chi connectivity index (χ0) is 26.5. The molecular formula is C29H33N7O3. The highest BCUT2D eigenvalue weighted by molar-refractivity contribution is 5.83. The monoisotopic (exact) mass is 527 g/mol. The third-order valence-corrected chi connectivity index (χ3v) is 8.69. The number of hydrogen-bond acceptors (Lipinski definition) is 8. The van der Waals surface area contributed by atoms with E-state index in [0.717, 1.165) is 55.7 Å². The van der Waals surface area contributed by atoms with Crippen LogP contribution in [0.4, 0.5) is 5.69 Å². The second-order valence-corrected chi connectivity index (χ2v) is 10.9. The number of hydrogen-bond donors (Lipinski definition) is 1. The summed E-state index contributed by atoms with van der Waals surface area (Å²) in [5.41, 5.74) is 5.13. The fourth-order valence-electron chi connectivity index (χ4n) is 6.40. The highest BCUT2D eigenvalue weighted by Crippen LogP contribution is 2.38. The summed E-state index contributed by atoms with van der Waals surface area (Å²) in [6.45, 7) is 7.82. The van der Waals surface area contributed by atoms with E-state index in [-0.39, 0.29) is 24.4 Å². The SMILES string of the molecule is Cc1cccc(N2CCN(C(c3cc4cc5c(cc4[nH]c3=O)OCO5)c3nnnn3C3CCCC3)CC2)c1C. The maximum absolute atomic E-state index is 13.7. The molecule has 1 aliphatic carbocycles. The van der Waals surface area contributed by atoms with Gasteiger partial charge in [-0.3, -0.25) is 9.69 Å². The molecule has 4 heterocycles. The van der Waals surface area contributed by atoms with Crippen LogP contribution in [0.2, 0.25) is 0 Å². The van der Waals surface area contributed by atoms with Crippen molar-refractivity contribution in [2.45, 2.75) is 51.6 Å². The number of anilines is 1. The van der Waals surface area contributed by atoms with Crippen molar-refractivity contribution in [3.05, 3.63) is 69.3 Å². The van der Waals surface area contributed by atoms with Gasteiger partial charge in [0.15, 0.2) is 17.3 Å². The first-order valence-electron chi connectivity index (χ1n) is 13.9. The summed E-state index contributed by atoms with van der Waals surface area (Å²) in [4.78, 5) is 21.6. The number of nitrogens with one attached hydrogen (secondary N) is 1. The van der Waals surface area contributed by atoms with E-state index in [9.17, 15) is 4.79 Å². The van der Waals surface area contributed by atoms with Crippen molar-refractivity contribution in [1.82, 2.24) is 30.1 Å². The Balaban J connectivity index is 1.28. The van der Waals surface area contributed by atoms with E-state index in [1.165, 1.54) is 29.7 Å². The molecule has 0 radical (unpaired) electrons. The highest BCUT2D eigenvalue weighted by atomic mass is 16.7. The molecule has 2 fully saturated rings. The van der Waals surface area contributed by atoms with Gasteiger partial charge in [-0.05, 0) is 66.4 Å². The Labute approximate surface area is 226 Å². The highest BCUT2D eigenvalue weighted by Gasteiger charge is 2.35. The van der Waals surface area contributed by atoms with Gasteiger partial charge in [-0.15, -0.1) is 5.10 Å². The van der Waals surface area contributed by atoms with Gasteiger partial charge in [-0.1, -0.05) is 25.0 Å². The van der Waals surface area contributed by atoms with Crippen LogP contribution in [0.3, 0.4) is 0 Å². The quantitative estimate of drug-likeness (QED) is 0.417. The molecule has 10 heteroatoms. The fraction of sp³-hybridized carbons (Fsp3) is 0.448. The molecule has 2 aromatic heterocycles. The standard InChI is InChI=1S/C29H33N7O3/c1-18-6-5-9-24(19(18)2)34-10-12-35(13-11-34)27(28-31-32-33-36(28)21-7-3-4-8-21)22-14-20-15-25-26(39-17-38-25)16-23(20)30-29(22)37/h5-6,9,14-16,21,27H,3-4,7-8,10-13,17H2,1-2H3,(H,30,37). The molecule has 1 saturated carbocycles. The number of ether oxygens (including phenoxy) is 2. The molecule has 0 spiro atoms. The van der Waals surface area contributed by atoms with Crippen LogP contribution in [-0.4, -0.2) is 63.1 Å². The van der Waals surface area contributed by atoms with Gasteiger partial charge in [0.25, 0.3) is 5.56 Å². The number of piperazine rings is 1. The number of aryl methyl sites for hydroxylation is 1. The predicted octanol–water partition coefficient (Wildman–Crippen LogP) is 3.89. The first-order valence-corrected chi connectivity index (χ1v) is 13.9. The molecule has 4 aromatic rings. The number of benzene rings is 2. The molecule has 1 atom stereocenters. The van der Waals surface area contributed by atoms with Gasteiger partial charge in [0, 0.05) is 48.9 Å². The number of aromatic amines is 1. The normalized spacial score (nSPS) is 18.8. The Bertz CT molecular complexity index is 1580. The van der Waals surface area contributed by atoms with E-state index in [1.54, 1.807) is 0 Å². The van der Waals surface area contributed by atoms with Crippen molar-refractivity contribution < 1.29 is 9.47 Å². The second kappa shape index (κ2) is 9.68. The van der Waals surface area contributed by atoms with Gasteiger partial charge in [0.1, 0.15) is 6.04 Å². The Morgan fingerprint density at radius 3 is 2.56 bits per heavy atom. The minimum Gasteiger partial charge on any atom is -0.454 e. The van der Waals surface area contributed by atoms with Crippen LogP contribution in [-0.2, 0) is 0 Å². The van der Waals surface area contributed by atoms with Crippen LogP contribution >= 0.6 is 0 Å². The van der Waals surface area contributed by atoms with Crippen LogP contribution in [0.25, 0.3) is 10.9 Å². The van der Waals surface area contributed by atoms with E-state index in [1.807, 2.05) is 22.9 Å². The van der Waals surface area contributed by atoms with Crippen molar-refractivity contribution in [3.63, 3.8) is 0 Å². The molecule has 2 aliphatic heterocycles. The van der Waals surface area contributed by atoms with E-state index in [2.05, 4.69) is 62.4 Å². The third-order valence-electron chi connectivity index (χ3n) is 8.69. The van der Waals surface area contributed by atoms with Crippen LogP contribution in [0.1, 0.15) is 60.3 Å². The third kappa shape index (κ3) is 4.23. The van der Waals surface area contributed by atoms with E-state index in [0.29, 0.717) is 17.1 Å². The fourth-order valence-corrected chi connectivity index (χ4v) is 6.40. The molecule has 3 aliphatic rings. The zero-order valence-electron chi connectivity index (χ0n) is 22.4. The van der Waals surface area contributed by atoms with Crippen LogP contribution < -0.4 is 19.9 Å². The van der Waals surface area contributed by atoms with E-state index < -0.39 is 0 Å². The van der Waals surface area contributed by atoms with Crippen LogP contribution in [0.15, 0.2) is 41.2 Å². The van der Waals surface area contributed by atoms with Crippen molar-refractivity contribution in [2.75, 3.05) is 37.9 Å². The lowest BCUT2D eigenvalue weighted by atomic mass is 10.0. The van der Waals surface area contributed by atoms with Crippen molar-refractivity contribution >= 4 is 16.6 Å². The zero-order valence-corrected chi connectivity index (χ0v) is 22.4. The molecule has 10 nitrogen and oxygen atoms in total. The molecule has 202 valence electrons. The topological polar surface area (TPSA) is 101 Å². The number of H-pyrrole nitrogens is 1. The number of nitrogens with zero attached hydrogens (tertiary/aromatic N) is 6. The summed E-state index contributed by atoms with van der Waals surface area (Å²) in [7, 11) is 0. The molecule has 1 saturated heterocycles. The Morgan fingerprint density at radius 1 is 1.00 bits per heavy atom. The maximum atomic E-state index is 13.7. The van der Waals surface area contributed by atoms with Gasteiger partial charge >= 0.3 is 0 Å². The van der Waals surface area contributed by atoms with Gasteiger partial charge in [0.2, 0.25) is 6.79 Å². The Kier molecular flexibility index (Phi) is 5.99. The molecular weight excluding hydrogens is 494 g/mol. The molecule has 2 aromatic carbocycles. The smallest absolute Gasteiger partial charge is 0.253 e. The lowest BCUT2D eigenvalue weighted by molar-refractivity contribution is 0.174. The van der Waals surface area contributed by atoms with Crippen molar-refractivity contribution in [2.24, 2.45) is 0 Å². The number of fused-ring (bicyclic) bond motifs is 2. The van der Waals surface area contributed by atoms with Gasteiger partial charge in [0.05, 0.1) is 11.6 Å². The number of tetrazole rings is 1. The van der Waals surface area contributed by atoms with E-state index >= 15 is 0 Å². The second-order valence-electron chi connectivity index (χ2n) is 10.9. The molecule has 7 rings (SSSR count). The molecule has 1 unspecified atom stereocenters. The summed E-state index contributed by atoms with van der Waals surface area (Å²) in [6.07, 6.45) is 4.46. The predicted molar refractivity (Wildman–Crippen MR) is 148 cm³/mol. The van der Waals surface area contributed by atoms with Crippen LogP contribution in [0.5, 0.6) is 11.5 Å². The molecule has 1 N–H and O–H groups in total. The number of aromatic nitrogens is 5. The average molecular weight is 528 g/mol. The largest absolute Gasteiger partial charge is 0.454 e. The summed E-state index contributed by atoms with van der Waals surface area (Å²) in [6, 6.07) is 12.1. The van der Waals surface area contributed by atoms with Crippen LogP contribution in [0, 0.1) is 13.8 Å². The minimum absolute atomic E-state index is 0.135. The Hall–Kier alpha value is -3.92. The molecule has 0 amide bonds. The minimum atomic E-state index is -0.361. The van der Waals surface area contributed by atoms with Crippen molar-refractivity contribution in [1.29, 1.82) is 0 Å². The summed E-state index contributed by atoms with van der Waals surface area (Å²) in [5.74, 6) is 2.08. The lowest BCUT2D eigenvalue weighted by Crippen LogP contribution is -2.49.